The monoisotopic (exact) mass is 1200 g/mol. The van der Waals surface area contributed by atoms with Crippen LogP contribution in [0.5, 0.6) is 0 Å². The topological polar surface area (TPSA) is 255 Å². The predicted octanol–water partition coefficient (Wildman–Crippen LogP) is 5.45. The van der Waals surface area contributed by atoms with Gasteiger partial charge in [0.05, 0.1) is 24.7 Å². The van der Waals surface area contributed by atoms with Crippen molar-refractivity contribution in [2.75, 3.05) is 55.9 Å². The number of hydrogen-bond acceptors (Lipinski definition) is 12. The van der Waals surface area contributed by atoms with E-state index >= 15 is 9.59 Å². The smallest absolute Gasteiger partial charge is 0.246 e. The molecule has 0 saturated carbocycles. The summed E-state index contributed by atoms with van der Waals surface area (Å²) in [7, 11) is 10.1. The summed E-state index contributed by atoms with van der Waals surface area (Å²) in [6.45, 7) is 29.9. The second-order valence-corrected chi connectivity index (χ2v) is 26.7. The fourth-order valence-electron chi connectivity index (χ4n) is 11.2. The number of carbonyl (C=O) groups is 11. The van der Waals surface area contributed by atoms with Crippen molar-refractivity contribution in [3.05, 3.63) is 12.2 Å². The van der Waals surface area contributed by atoms with E-state index in [-0.39, 0.29) is 74.5 Å². The van der Waals surface area contributed by atoms with Crippen LogP contribution in [-0.4, -0.2) is 214 Å². The van der Waals surface area contributed by atoms with Crippen molar-refractivity contribution >= 4 is 64.7 Å². The number of rotatable bonds is 15. The van der Waals surface area contributed by atoms with Crippen molar-refractivity contribution in [1.82, 2.24) is 44.9 Å². The van der Waals surface area contributed by atoms with Gasteiger partial charge in [0.1, 0.15) is 36.3 Å². The lowest BCUT2D eigenvalue weighted by Gasteiger charge is -2.41. The zero-order chi connectivity index (χ0) is 66.0. The number of carbonyl (C=O) groups excluding carboxylic acids is 11. The molecule has 486 valence electrons. The Balaban J connectivity index is 4.32. The molecule has 0 radical (unpaired) electrons. The molecule has 85 heavy (non-hydrogen) atoms. The van der Waals surface area contributed by atoms with Gasteiger partial charge in [0, 0.05) is 74.0 Å². The fourth-order valence-corrected chi connectivity index (χ4v) is 11.2. The third kappa shape index (κ3) is 21.9. The van der Waals surface area contributed by atoms with Crippen LogP contribution in [0.4, 0.5) is 0 Å². The van der Waals surface area contributed by atoms with E-state index in [0.29, 0.717) is 6.42 Å². The molecule has 0 spiro atoms. The summed E-state index contributed by atoms with van der Waals surface area (Å²) in [5.74, 6) is -10.3. The quantitative estimate of drug-likeness (QED) is 0.173. The van der Waals surface area contributed by atoms with Gasteiger partial charge in [-0.15, -0.1) is 0 Å². The van der Waals surface area contributed by atoms with Crippen LogP contribution in [0, 0.1) is 53.3 Å². The Hall–Kier alpha value is -5.73. The van der Waals surface area contributed by atoms with Gasteiger partial charge in [0.15, 0.2) is 11.6 Å². The van der Waals surface area contributed by atoms with Gasteiger partial charge in [0.2, 0.25) is 53.2 Å². The first kappa shape index (κ1) is 77.3. The molecule has 3 N–H and O–H groups in total. The van der Waals surface area contributed by atoms with E-state index in [9.17, 15) is 48.3 Å². The molecule has 1 saturated heterocycles. The van der Waals surface area contributed by atoms with Gasteiger partial charge in [0.25, 0.3) is 0 Å². The minimum atomic E-state index is -1.60. The Kier molecular flexibility index (Phi) is 32.0. The maximum atomic E-state index is 15.1. The van der Waals surface area contributed by atoms with Gasteiger partial charge in [-0.2, -0.15) is 0 Å². The van der Waals surface area contributed by atoms with Crippen LogP contribution >= 0.6 is 0 Å². The zero-order valence-electron chi connectivity index (χ0n) is 56.5. The zero-order valence-corrected chi connectivity index (χ0v) is 56.5. The minimum Gasteiger partial charge on any atom is -0.390 e. The number of Topliss-reactive ketones (excluding diaryl/α,β-unsaturated/α-hetero) is 2. The molecule has 9 amide bonds. The molecule has 1 heterocycles. The molecule has 1 aliphatic heterocycles. The van der Waals surface area contributed by atoms with Crippen LogP contribution in [0.15, 0.2) is 12.2 Å². The Bertz CT molecular complexity index is 2320. The Morgan fingerprint density at radius 2 is 0.918 bits per heavy atom. The van der Waals surface area contributed by atoms with Crippen molar-refractivity contribution < 1.29 is 57.8 Å². The number of hydrogen-bond donors (Lipinski definition) is 3. The molecular weight excluding hydrogens is 1090 g/mol. The lowest BCUT2D eigenvalue weighted by molar-refractivity contribution is -0.157. The van der Waals surface area contributed by atoms with Crippen molar-refractivity contribution in [1.29, 1.82) is 0 Å². The number of nitrogens with one attached hydrogen (secondary N) is 2. The van der Waals surface area contributed by atoms with E-state index in [1.807, 2.05) is 61.5 Å². The average molecular weight is 1200 g/mol. The van der Waals surface area contributed by atoms with E-state index in [0.717, 1.165) is 9.80 Å². The number of allylic oxidation sites excluding steroid dienone is 2. The van der Waals surface area contributed by atoms with Crippen LogP contribution in [0.3, 0.4) is 0 Å². The summed E-state index contributed by atoms with van der Waals surface area (Å²) in [6.07, 6.45) is 2.72. The maximum absolute atomic E-state index is 15.1. The third-order valence-corrected chi connectivity index (χ3v) is 16.7. The highest BCUT2D eigenvalue weighted by atomic mass is 16.3. The lowest BCUT2D eigenvalue weighted by Crippen LogP contribution is -2.63. The van der Waals surface area contributed by atoms with Gasteiger partial charge < -0.3 is 50.0 Å². The molecule has 0 aromatic heterocycles. The second kappa shape index (κ2) is 35.2. The van der Waals surface area contributed by atoms with E-state index in [1.54, 1.807) is 61.5 Å². The van der Waals surface area contributed by atoms with Gasteiger partial charge >= 0.3 is 0 Å². The molecule has 0 aromatic carbocycles. The molecule has 1 fully saturated rings. The summed E-state index contributed by atoms with van der Waals surface area (Å²) in [5, 5.41) is 17.6. The summed E-state index contributed by atoms with van der Waals surface area (Å²) < 4.78 is 0. The van der Waals surface area contributed by atoms with Crippen LogP contribution < -0.4 is 10.6 Å². The summed E-state index contributed by atoms with van der Waals surface area (Å²) >= 11 is 0. The minimum absolute atomic E-state index is 0.0368. The average Bonchev–Trinajstić information content (AvgIpc) is 3.62. The fraction of sp³-hybridized carbons (Fsp3) is 0.797. The van der Waals surface area contributed by atoms with Gasteiger partial charge in [-0.3, -0.25) is 52.7 Å². The van der Waals surface area contributed by atoms with Gasteiger partial charge in [-0.1, -0.05) is 116 Å². The molecule has 21 nitrogen and oxygen atoms in total. The normalized spacial score (nSPS) is 27.1. The first-order valence-corrected chi connectivity index (χ1v) is 31.0. The maximum Gasteiger partial charge on any atom is 0.246 e. The Morgan fingerprint density at radius 3 is 1.36 bits per heavy atom. The molecule has 0 aromatic rings. The van der Waals surface area contributed by atoms with Crippen molar-refractivity contribution in [3.63, 3.8) is 0 Å². The molecule has 1 rings (SSSR count). The van der Waals surface area contributed by atoms with Crippen LogP contribution in [0.2, 0.25) is 0 Å². The van der Waals surface area contributed by atoms with E-state index in [1.165, 1.54) is 80.8 Å². The van der Waals surface area contributed by atoms with Crippen molar-refractivity contribution in [2.45, 2.75) is 224 Å². The Morgan fingerprint density at radius 1 is 0.494 bits per heavy atom. The first-order valence-electron chi connectivity index (χ1n) is 31.0. The van der Waals surface area contributed by atoms with Crippen LogP contribution in [0.1, 0.15) is 169 Å². The standard InChI is InChI=1S/C64H113N9O12/c1-25-27-28-42(15)56(77)55-58(79)66-46(26-2)61(82)67(18)35-53(76)68(19)47(29-36(3)4)52(75)34-45(40(11)12)60(81)69(20)48(30-37(5)6)51(74)33-43(16)57(78)65-44(17)59(80)70(21)49(31-38(7)8)62(83)71(22)50(32-39(9)10)63(84)72(23)54(41(13)14)64(85)73(55)24/h25,27,36-50,54-56,77H,26,28-35H2,1-24H3,(H,65,78)(H,66,79)/b27-25+/t42-,43-,44-,45+,46+,47+,48+,49+,50+,54+,55?,56-/m1/s1. The van der Waals surface area contributed by atoms with Crippen molar-refractivity contribution in [2.24, 2.45) is 53.3 Å². The number of likely N-dealkylation sites (N-methyl/N-ethyl adjacent to an activating group) is 7. The summed E-state index contributed by atoms with van der Waals surface area (Å²) in [4.78, 5) is 169. The third-order valence-electron chi connectivity index (χ3n) is 16.7. The molecule has 21 heteroatoms. The van der Waals surface area contributed by atoms with Crippen molar-refractivity contribution in [3.8, 4) is 0 Å². The van der Waals surface area contributed by atoms with E-state index < -0.39 is 149 Å². The summed E-state index contributed by atoms with van der Waals surface area (Å²) in [6, 6.07) is -9.52. The number of aliphatic hydroxyl groups excluding tert-OH is 1. The largest absolute Gasteiger partial charge is 0.390 e. The molecule has 12 atom stereocenters. The number of amides is 9. The highest BCUT2D eigenvalue weighted by Crippen LogP contribution is 2.28. The molecule has 0 aliphatic carbocycles. The summed E-state index contributed by atoms with van der Waals surface area (Å²) in [5.41, 5.74) is 0. The van der Waals surface area contributed by atoms with E-state index in [4.69, 9.17) is 0 Å². The number of ketones is 2. The van der Waals surface area contributed by atoms with E-state index in [2.05, 4.69) is 10.6 Å². The molecule has 1 aliphatic rings. The highest BCUT2D eigenvalue weighted by molar-refractivity contribution is 5.99. The molecule has 0 bridgehead atoms. The Labute approximate surface area is 510 Å². The van der Waals surface area contributed by atoms with Gasteiger partial charge in [-0.25, -0.2) is 0 Å². The SMILES string of the molecule is C/C=C/C[C@@H](C)[C@@H](O)C1C(=O)N[C@@H](CC)C(=O)N(C)CC(=O)N(C)[C@@H](CC(C)C)C(=O)C[C@@H](C(C)C)C(=O)N(C)[C@@H](CC(C)C)C(=O)C[C@@H](C)C(=O)N[C@H](C)C(=O)N(C)[C@@H](CC(C)C)C(=O)N(C)[C@@H](CC(C)C)C(=O)N(C)[C@@H](C(C)C)C(=O)N1C. The predicted molar refractivity (Wildman–Crippen MR) is 331 cm³/mol. The number of nitrogens with zero attached hydrogens (tertiary/aromatic N) is 7. The van der Waals surface area contributed by atoms with Crippen LogP contribution in [-0.2, 0) is 52.7 Å². The van der Waals surface area contributed by atoms with Crippen LogP contribution in [0.25, 0.3) is 0 Å². The first-order chi connectivity index (χ1) is 39.2. The second-order valence-electron chi connectivity index (χ2n) is 26.7. The highest BCUT2D eigenvalue weighted by Gasteiger charge is 2.45. The van der Waals surface area contributed by atoms with Gasteiger partial charge in [-0.05, 0) is 93.8 Å². The number of aliphatic hydroxyl groups is 1. The lowest BCUT2D eigenvalue weighted by atomic mass is 9.84. The molecule has 1 unspecified atom stereocenters. The molecular formula is C64H113N9O12.